The molecule has 1 heterocycles. The van der Waals surface area contributed by atoms with Crippen molar-refractivity contribution in [2.24, 2.45) is 0 Å². The molecule has 1 aliphatic rings. The van der Waals surface area contributed by atoms with Crippen LogP contribution in [-0.4, -0.2) is 43.2 Å². The molecule has 0 amide bonds. The number of non-ortho nitro benzene ring substituents is 1. The smallest absolute Gasteiger partial charge is 0.269 e. The number of piperidine rings is 1. The third-order valence-corrected chi connectivity index (χ3v) is 3.83. The van der Waals surface area contributed by atoms with E-state index in [1.165, 1.54) is 6.07 Å². The molecule has 0 saturated carbocycles. The molecule has 6 nitrogen and oxygen atoms in total. The second-order valence-electron chi connectivity index (χ2n) is 5.06. The average molecular weight is 279 g/mol. The van der Waals surface area contributed by atoms with E-state index in [1.807, 2.05) is 7.05 Å². The van der Waals surface area contributed by atoms with Crippen molar-refractivity contribution in [1.29, 1.82) is 0 Å². The average Bonchev–Trinajstić information content (AvgIpc) is 2.48. The Labute approximate surface area is 118 Å². The highest BCUT2D eigenvalue weighted by atomic mass is 16.6. The molecule has 2 rings (SSSR count). The minimum absolute atomic E-state index is 0.144. The maximum atomic E-state index is 10.9. The van der Waals surface area contributed by atoms with Crippen LogP contribution in [-0.2, 0) is 11.3 Å². The molecule has 0 aliphatic carbocycles. The second-order valence-corrected chi connectivity index (χ2v) is 5.06. The molecule has 110 valence electrons. The van der Waals surface area contributed by atoms with E-state index in [0.29, 0.717) is 6.10 Å². The first-order chi connectivity index (χ1) is 9.63. The largest absolute Gasteiger partial charge is 0.388 e. The summed E-state index contributed by atoms with van der Waals surface area (Å²) >= 11 is 0. The van der Waals surface area contributed by atoms with E-state index in [1.54, 1.807) is 19.2 Å². The summed E-state index contributed by atoms with van der Waals surface area (Å²) in [5.41, 5.74) is 2.06. The molecular formula is C14H21N3O3. The van der Waals surface area contributed by atoms with Gasteiger partial charge in [-0.15, -0.1) is 0 Å². The summed E-state index contributed by atoms with van der Waals surface area (Å²) in [6.07, 6.45) is 2.38. The summed E-state index contributed by atoms with van der Waals surface area (Å²) in [7, 11) is 3.59. The van der Waals surface area contributed by atoms with Gasteiger partial charge in [0.1, 0.15) is 0 Å². The number of nitro benzene ring substituents is 1. The standard InChI is InChI=1S/C14H21N3O3/c1-15-14-4-3-12(17(18)19)9-11(14)10-16-7-5-13(20-2)6-8-16/h3-4,9,13,15H,5-8,10H2,1-2H3. The Kier molecular flexibility index (Phi) is 4.92. The Bertz CT molecular complexity index is 471. The summed E-state index contributed by atoms with van der Waals surface area (Å²) < 4.78 is 5.36. The van der Waals surface area contributed by atoms with Crippen molar-refractivity contribution in [2.45, 2.75) is 25.5 Å². The lowest BCUT2D eigenvalue weighted by Gasteiger charge is -2.31. The second kappa shape index (κ2) is 6.67. The first kappa shape index (κ1) is 14.7. The molecule has 0 spiro atoms. The number of methoxy groups -OCH3 is 1. The van der Waals surface area contributed by atoms with Crippen molar-refractivity contribution in [3.05, 3.63) is 33.9 Å². The van der Waals surface area contributed by atoms with E-state index in [9.17, 15) is 10.1 Å². The molecule has 0 aromatic heterocycles. The van der Waals surface area contributed by atoms with Gasteiger partial charge in [0, 0.05) is 51.6 Å². The quantitative estimate of drug-likeness (QED) is 0.661. The molecule has 20 heavy (non-hydrogen) atoms. The van der Waals surface area contributed by atoms with Crippen LogP contribution in [0.4, 0.5) is 11.4 Å². The van der Waals surface area contributed by atoms with Gasteiger partial charge in [0.05, 0.1) is 11.0 Å². The number of nitrogens with zero attached hydrogens (tertiary/aromatic N) is 2. The van der Waals surface area contributed by atoms with Crippen molar-refractivity contribution < 1.29 is 9.66 Å². The van der Waals surface area contributed by atoms with Crippen LogP contribution in [0.15, 0.2) is 18.2 Å². The molecule has 6 heteroatoms. The number of ether oxygens (including phenoxy) is 1. The van der Waals surface area contributed by atoms with E-state index in [0.717, 1.165) is 43.7 Å². The highest BCUT2D eigenvalue weighted by Crippen LogP contribution is 2.24. The monoisotopic (exact) mass is 279 g/mol. The van der Waals surface area contributed by atoms with Gasteiger partial charge < -0.3 is 10.1 Å². The van der Waals surface area contributed by atoms with Gasteiger partial charge in [-0.05, 0) is 24.5 Å². The normalized spacial score (nSPS) is 17.1. The fourth-order valence-corrected chi connectivity index (χ4v) is 2.61. The van der Waals surface area contributed by atoms with Gasteiger partial charge in [-0.25, -0.2) is 0 Å². The Hall–Kier alpha value is -1.66. The lowest BCUT2D eigenvalue weighted by atomic mass is 10.1. The van der Waals surface area contributed by atoms with Crippen LogP contribution in [0.3, 0.4) is 0 Å². The number of hydrogen-bond donors (Lipinski definition) is 1. The summed E-state index contributed by atoms with van der Waals surface area (Å²) in [5, 5.41) is 14.0. The molecule has 1 saturated heterocycles. The molecule has 1 aliphatic heterocycles. The lowest BCUT2D eigenvalue weighted by molar-refractivity contribution is -0.384. The first-order valence-corrected chi connectivity index (χ1v) is 6.84. The van der Waals surface area contributed by atoms with Crippen molar-refractivity contribution in [3.63, 3.8) is 0 Å². The number of hydrogen-bond acceptors (Lipinski definition) is 5. The Morgan fingerprint density at radius 3 is 2.70 bits per heavy atom. The molecule has 1 N–H and O–H groups in total. The highest BCUT2D eigenvalue weighted by molar-refractivity contribution is 5.55. The number of benzene rings is 1. The minimum Gasteiger partial charge on any atom is -0.388 e. The third kappa shape index (κ3) is 3.46. The van der Waals surface area contributed by atoms with Crippen molar-refractivity contribution in [2.75, 3.05) is 32.6 Å². The van der Waals surface area contributed by atoms with Crippen molar-refractivity contribution in [3.8, 4) is 0 Å². The fraction of sp³-hybridized carbons (Fsp3) is 0.571. The fourth-order valence-electron chi connectivity index (χ4n) is 2.61. The van der Waals surface area contributed by atoms with Gasteiger partial charge in [-0.1, -0.05) is 0 Å². The number of likely N-dealkylation sites (tertiary alicyclic amines) is 1. The molecule has 0 bridgehead atoms. The van der Waals surface area contributed by atoms with Crippen LogP contribution >= 0.6 is 0 Å². The predicted octanol–water partition coefficient (Wildman–Crippen LogP) is 2.25. The van der Waals surface area contributed by atoms with Crippen LogP contribution in [0.1, 0.15) is 18.4 Å². The maximum Gasteiger partial charge on any atom is 0.269 e. The molecule has 0 radical (unpaired) electrons. The van der Waals surface area contributed by atoms with Crippen LogP contribution in [0.5, 0.6) is 0 Å². The van der Waals surface area contributed by atoms with E-state index in [-0.39, 0.29) is 10.6 Å². The zero-order chi connectivity index (χ0) is 14.5. The Balaban J connectivity index is 2.08. The van der Waals surface area contributed by atoms with Gasteiger partial charge in [0.25, 0.3) is 5.69 Å². The number of anilines is 1. The van der Waals surface area contributed by atoms with Crippen LogP contribution in [0, 0.1) is 10.1 Å². The van der Waals surface area contributed by atoms with Gasteiger partial charge in [-0.3, -0.25) is 15.0 Å². The zero-order valence-corrected chi connectivity index (χ0v) is 12.0. The van der Waals surface area contributed by atoms with Crippen LogP contribution in [0.2, 0.25) is 0 Å². The first-order valence-electron chi connectivity index (χ1n) is 6.84. The molecule has 0 atom stereocenters. The van der Waals surface area contributed by atoms with Gasteiger partial charge in [0.2, 0.25) is 0 Å². The third-order valence-electron chi connectivity index (χ3n) is 3.83. The summed E-state index contributed by atoms with van der Waals surface area (Å²) in [6, 6.07) is 4.97. The Morgan fingerprint density at radius 1 is 1.45 bits per heavy atom. The summed E-state index contributed by atoms with van der Waals surface area (Å²) in [6.45, 7) is 2.66. The van der Waals surface area contributed by atoms with Gasteiger partial charge in [0.15, 0.2) is 0 Å². The van der Waals surface area contributed by atoms with Gasteiger partial charge in [-0.2, -0.15) is 0 Å². The number of nitro groups is 1. The highest BCUT2D eigenvalue weighted by Gasteiger charge is 2.20. The summed E-state index contributed by atoms with van der Waals surface area (Å²) in [4.78, 5) is 12.8. The van der Waals surface area contributed by atoms with E-state index >= 15 is 0 Å². The topological polar surface area (TPSA) is 67.6 Å². The Morgan fingerprint density at radius 2 is 2.15 bits per heavy atom. The summed E-state index contributed by atoms with van der Waals surface area (Å²) in [5.74, 6) is 0. The molecule has 1 fully saturated rings. The van der Waals surface area contributed by atoms with E-state index < -0.39 is 0 Å². The SMILES string of the molecule is CNc1ccc([N+](=O)[O-])cc1CN1CCC(OC)CC1. The predicted molar refractivity (Wildman–Crippen MR) is 78.0 cm³/mol. The molecule has 0 unspecified atom stereocenters. The lowest BCUT2D eigenvalue weighted by Crippen LogP contribution is -2.36. The molecule has 1 aromatic rings. The maximum absolute atomic E-state index is 10.9. The zero-order valence-electron chi connectivity index (χ0n) is 12.0. The number of nitrogens with one attached hydrogen (secondary N) is 1. The van der Waals surface area contributed by atoms with Gasteiger partial charge >= 0.3 is 0 Å². The number of rotatable bonds is 5. The van der Waals surface area contributed by atoms with Crippen molar-refractivity contribution in [1.82, 2.24) is 4.90 Å². The van der Waals surface area contributed by atoms with E-state index in [4.69, 9.17) is 4.74 Å². The molecular weight excluding hydrogens is 258 g/mol. The van der Waals surface area contributed by atoms with Crippen LogP contribution in [0.25, 0.3) is 0 Å². The molecule has 1 aromatic carbocycles. The van der Waals surface area contributed by atoms with Crippen LogP contribution < -0.4 is 5.32 Å². The van der Waals surface area contributed by atoms with Crippen molar-refractivity contribution >= 4 is 11.4 Å². The minimum atomic E-state index is -0.347. The van der Waals surface area contributed by atoms with E-state index in [2.05, 4.69) is 10.2 Å².